The molecule has 4 nitrogen and oxygen atoms in total. The fourth-order valence-corrected chi connectivity index (χ4v) is 2.10. The molecule has 23 heavy (non-hydrogen) atoms. The van der Waals surface area contributed by atoms with Crippen LogP contribution in [0.25, 0.3) is 10.8 Å². The van der Waals surface area contributed by atoms with Gasteiger partial charge in [0.05, 0.1) is 12.7 Å². The molecule has 2 rings (SSSR count). The van der Waals surface area contributed by atoms with Gasteiger partial charge >= 0.3 is 5.97 Å². The summed E-state index contributed by atoms with van der Waals surface area (Å²) in [5.41, 5.74) is 0. The lowest BCUT2D eigenvalue weighted by molar-refractivity contribution is -0.146. The lowest BCUT2D eigenvalue weighted by atomic mass is 10.1. The van der Waals surface area contributed by atoms with Gasteiger partial charge in [0.1, 0.15) is 18.5 Å². The Balaban J connectivity index is 1.77. The molecule has 0 bridgehead atoms. The molecule has 0 spiro atoms. The minimum atomic E-state index is -0.443. The predicted molar refractivity (Wildman–Crippen MR) is 90.6 cm³/mol. The number of benzene rings is 2. The number of carbonyl (C=O) groups is 1. The fourth-order valence-electron chi connectivity index (χ4n) is 2.10. The van der Waals surface area contributed by atoms with Gasteiger partial charge in [-0.15, -0.1) is 0 Å². The quantitative estimate of drug-likeness (QED) is 0.550. The zero-order chi connectivity index (χ0) is 16.7. The fraction of sp³-hybridized carbons (Fsp3) is 0.316. The Morgan fingerprint density at radius 3 is 2.57 bits per heavy atom. The number of rotatable bonds is 8. The third kappa shape index (κ3) is 5.42. The van der Waals surface area contributed by atoms with Crippen LogP contribution in [-0.4, -0.2) is 31.4 Å². The van der Waals surface area contributed by atoms with E-state index in [0.29, 0.717) is 13.2 Å². The first-order valence-corrected chi connectivity index (χ1v) is 7.64. The van der Waals surface area contributed by atoms with E-state index in [1.54, 1.807) is 6.92 Å². The number of esters is 1. The third-order valence-electron chi connectivity index (χ3n) is 3.31. The van der Waals surface area contributed by atoms with Gasteiger partial charge in [-0.1, -0.05) is 36.9 Å². The van der Waals surface area contributed by atoms with Crippen LogP contribution in [0, 0.1) is 0 Å². The van der Waals surface area contributed by atoms with Crippen molar-refractivity contribution in [1.29, 1.82) is 0 Å². The van der Waals surface area contributed by atoms with Gasteiger partial charge in [-0.3, -0.25) is 0 Å². The molecule has 0 saturated heterocycles. The van der Waals surface area contributed by atoms with Crippen LogP contribution in [0.2, 0.25) is 0 Å². The molecule has 0 aliphatic rings. The summed E-state index contributed by atoms with van der Waals surface area (Å²) in [5.74, 6) is 0.367. The van der Waals surface area contributed by atoms with Crippen LogP contribution in [0.15, 0.2) is 55.1 Å². The molecule has 0 fully saturated rings. The van der Waals surface area contributed by atoms with Crippen molar-refractivity contribution in [2.45, 2.75) is 26.1 Å². The number of fused-ring (bicyclic) bond motifs is 1. The minimum Gasteiger partial charge on any atom is -0.491 e. The SMILES string of the molecule is C=CC(=O)OC(C)COC(C)COc1ccc2ccccc2c1. The summed E-state index contributed by atoms with van der Waals surface area (Å²) in [4.78, 5) is 11.1. The van der Waals surface area contributed by atoms with Crippen LogP contribution in [0.1, 0.15) is 13.8 Å². The van der Waals surface area contributed by atoms with Gasteiger partial charge in [0, 0.05) is 6.08 Å². The zero-order valence-corrected chi connectivity index (χ0v) is 13.5. The van der Waals surface area contributed by atoms with E-state index in [9.17, 15) is 4.79 Å². The maximum absolute atomic E-state index is 11.1. The molecule has 2 aromatic carbocycles. The number of carbonyl (C=O) groups excluding carboxylic acids is 1. The van der Waals surface area contributed by atoms with E-state index in [2.05, 4.69) is 18.7 Å². The summed E-state index contributed by atoms with van der Waals surface area (Å²) >= 11 is 0. The Kier molecular flexibility index (Phi) is 6.18. The lowest BCUT2D eigenvalue weighted by Crippen LogP contribution is -2.25. The molecular weight excluding hydrogens is 292 g/mol. The zero-order valence-electron chi connectivity index (χ0n) is 13.5. The minimum absolute atomic E-state index is 0.105. The van der Waals surface area contributed by atoms with Crippen molar-refractivity contribution in [3.05, 3.63) is 55.1 Å². The van der Waals surface area contributed by atoms with Crippen molar-refractivity contribution in [2.24, 2.45) is 0 Å². The first-order chi connectivity index (χ1) is 11.1. The molecule has 0 radical (unpaired) electrons. The molecule has 2 unspecified atom stereocenters. The molecule has 0 amide bonds. The smallest absolute Gasteiger partial charge is 0.330 e. The molecule has 0 N–H and O–H groups in total. The Labute approximate surface area is 136 Å². The van der Waals surface area contributed by atoms with Crippen LogP contribution in [-0.2, 0) is 14.3 Å². The Hall–Kier alpha value is -2.33. The molecule has 2 aromatic rings. The second-order valence-electron chi connectivity index (χ2n) is 5.42. The second kappa shape index (κ2) is 8.34. The van der Waals surface area contributed by atoms with Gasteiger partial charge < -0.3 is 14.2 Å². The first-order valence-electron chi connectivity index (χ1n) is 7.64. The van der Waals surface area contributed by atoms with Gasteiger partial charge in [0.15, 0.2) is 0 Å². The van der Waals surface area contributed by atoms with E-state index >= 15 is 0 Å². The summed E-state index contributed by atoms with van der Waals surface area (Å²) in [7, 11) is 0. The normalized spacial score (nSPS) is 13.3. The molecule has 0 heterocycles. The average molecular weight is 314 g/mol. The molecule has 0 aliphatic carbocycles. The Morgan fingerprint density at radius 2 is 1.83 bits per heavy atom. The summed E-state index contributed by atoms with van der Waals surface area (Å²) in [6, 6.07) is 14.1. The van der Waals surface area contributed by atoms with Gasteiger partial charge in [-0.25, -0.2) is 4.79 Å². The van der Waals surface area contributed by atoms with Crippen LogP contribution in [0.5, 0.6) is 5.75 Å². The van der Waals surface area contributed by atoms with E-state index in [-0.39, 0.29) is 12.2 Å². The Morgan fingerprint density at radius 1 is 1.09 bits per heavy atom. The molecule has 0 aliphatic heterocycles. The van der Waals surface area contributed by atoms with Crippen LogP contribution in [0.3, 0.4) is 0 Å². The second-order valence-corrected chi connectivity index (χ2v) is 5.42. The lowest BCUT2D eigenvalue weighted by Gasteiger charge is -2.17. The van der Waals surface area contributed by atoms with E-state index in [1.807, 2.05) is 37.3 Å². The van der Waals surface area contributed by atoms with Gasteiger partial charge in [-0.05, 0) is 36.8 Å². The summed E-state index contributed by atoms with van der Waals surface area (Å²) in [5, 5.41) is 2.32. The van der Waals surface area contributed by atoms with E-state index in [4.69, 9.17) is 14.2 Å². The largest absolute Gasteiger partial charge is 0.491 e. The predicted octanol–water partition coefficient (Wildman–Crippen LogP) is 3.74. The van der Waals surface area contributed by atoms with Crippen LogP contribution in [0.4, 0.5) is 0 Å². The van der Waals surface area contributed by atoms with Crippen molar-refractivity contribution >= 4 is 16.7 Å². The van der Waals surface area contributed by atoms with E-state index < -0.39 is 5.97 Å². The van der Waals surface area contributed by atoms with Crippen molar-refractivity contribution in [3.8, 4) is 5.75 Å². The third-order valence-corrected chi connectivity index (χ3v) is 3.31. The maximum Gasteiger partial charge on any atom is 0.330 e. The highest BCUT2D eigenvalue weighted by Crippen LogP contribution is 2.20. The van der Waals surface area contributed by atoms with Gasteiger partial charge in [0.2, 0.25) is 0 Å². The van der Waals surface area contributed by atoms with Gasteiger partial charge in [-0.2, -0.15) is 0 Å². The highest BCUT2D eigenvalue weighted by molar-refractivity contribution is 5.83. The van der Waals surface area contributed by atoms with E-state index in [1.165, 1.54) is 5.39 Å². The highest BCUT2D eigenvalue weighted by Gasteiger charge is 2.10. The number of ether oxygens (including phenoxy) is 3. The maximum atomic E-state index is 11.1. The summed E-state index contributed by atoms with van der Waals surface area (Å²) < 4.78 is 16.4. The number of hydrogen-bond acceptors (Lipinski definition) is 4. The van der Waals surface area contributed by atoms with Crippen LogP contribution >= 0.6 is 0 Å². The molecule has 122 valence electrons. The molecular formula is C19H22O4. The summed E-state index contributed by atoms with van der Waals surface area (Å²) in [6.07, 6.45) is 0.720. The molecule has 4 heteroatoms. The van der Waals surface area contributed by atoms with Gasteiger partial charge in [0.25, 0.3) is 0 Å². The van der Waals surface area contributed by atoms with E-state index in [0.717, 1.165) is 17.2 Å². The first kappa shape index (κ1) is 17.0. The molecule has 0 aromatic heterocycles. The molecule has 0 saturated carbocycles. The average Bonchev–Trinajstić information content (AvgIpc) is 2.57. The summed E-state index contributed by atoms with van der Waals surface area (Å²) in [6.45, 7) is 7.81. The topological polar surface area (TPSA) is 44.8 Å². The highest BCUT2D eigenvalue weighted by atomic mass is 16.6. The van der Waals surface area contributed by atoms with Crippen LogP contribution < -0.4 is 4.74 Å². The van der Waals surface area contributed by atoms with Crippen molar-refractivity contribution in [2.75, 3.05) is 13.2 Å². The monoisotopic (exact) mass is 314 g/mol. The van der Waals surface area contributed by atoms with Crippen molar-refractivity contribution in [3.63, 3.8) is 0 Å². The Bertz CT molecular complexity index is 665. The van der Waals surface area contributed by atoms with Crippen molar-refractivity contribution < 1.29 is 19.0 Å². The standard InChI is InChI=1S/C19H22O4/c1-4-19(20)23-15(3)13-21-14(2)12-22-18-10-9-16-7-5-6-8-17(16)11-18/h4-11,14-15H,1,12-13H2,2-3H3. The number of hydrogen-bond donors (Lipinski definition) is 0. The molecule has 2 atom stereocenters. The van der Waals surface area contributed by atoms with Crippen molar-refractivity contribution in [1.82, 2.24) is 0 Å².